The molecule has 0 spiro atoms. The third-order valence-corrected chi connectivity index (χ3v) is 6.41. The molecular formula is C15H23N5O4S. The van der Waals surface area contributed by atoms with E-state index in [4.69, 9.17) is 10.5 Å². The first-order valence-electron chi connectivity index (χ1n) is 8.48. The molecule has 4 rings (SSSR count). The van der Waals surface area contributed by atoms with Crippen molar-refractivity contribution in [3.8, 4) is 0 Å². The number of hydrogen-bond acceptors (Lipinski definition) is 10. The van der Waals surface area contributed by atoms with E-state index in [1.54, 1.807) is 4.90 Å². The van der Waals surface area contributed by atoms with Crippen LogP contribution in [-0.4, -0.2) is 93.1 Å². The lowest BCUT2D eigenvalue weighted by Crippen LogP contribution is -2.59. The number of thioether (sulfide) groups is 1. The standard InChI is InChI=1S/C15H23N5O4S/c16-15(8-1-3-25-4-2-8)12-13(17-6-19-15)20(7-18-12)14-11(23)10(22)9(5-21)24-14/h6,8-11,14,21-23H,1-5,7,16H2/t9-,10-,11-,14-,15?/m1/s1. The number of aliphatic imine (C=N–C) groups is 3. The molecule has 0 amide bonds. The summed E-state index contributed by atoms with van der Waals surface area (Å²) in [4.78, 5) is 15.0. The van der Waals surface area contributed by atoms with Crippen LogP contribution in [0, 0.1) is 5.92 Å². The van der Waals surface area contributed by atoms with Crippen molar-refractivity contribution in [3.05, 3.63) is 0 Å². The van der Waals surface area contributed by atoms with Gasteiger partial charge in [-0.05, 0) is 24.3 Å². The molecule has 0 aromatic heterocycles. The van der Waals surface area contributed by atoms with Crippen molar-refractivity contribution in [2.45, 2.75) is 43.0 Å². The molecule has 2 saturated heterocycles. The number of rotatable bonds is 3. The predicted octanol–water partition coefficient (Wildman–Crippen LogP) is -1.62. The summed E-state index contributed by atoms with van der Waals surface area (Å²) in [6, 6.07) is 0. The van der Waals surface area contributed by atoms with Gasteiger partial charge in [0.05, 0.1) is 6.61 Å². The lowest BCUT2D eigenvalue weighted by atomic mass is 9.83. The highest BCUT2D eigenvalue weighted by Crippen LogP contribution is 2.36. The number of amidine groups is 1. The highest BCUT2D eigenvalue weighted by molar-refractivity contribution is 7.99. The number of hydrogen-bond donors (Lipinski definition) is 4. The topological polar surface area (TPSA) is 136 Å². The fraction of sp³-hybridized carbons (Fsp3) is 0.800. The van der Waals surface area contributed by atoms with Crippen LogP contribution < -0.4 is 5.73 Å². The van der Waals surface area contributed by atoms with Crippen LogP contribution in [0.2, 0.25) is 0 Å². The zero-order chi connectivity index (χ0) is 17.6. The van der Waals surface area contributed by atoms with Crippen molar-refractivity contribution in [3.63, 3.8) is 0 Å². The van der Waals surface area contributed by atoms with Crippen molar-refractivity contribution < 1.29 is 20.1 Å². The van der Waals surface area contributed by atoms with E-state index in [1.807, 2.05) is 11.8 Å². The molecule has 0 aliphatic carbocycles. The van der Waals surface area contributed by atoms with Gasteiger partial charge in [-0.1, -0.05) is 0 Å². The normalized spacial score (nSPS) is 41.7. The quantitative estimate of drug-likeness (QED) is 0.469. The molecule has 138 valence electrons. The van der Waals surface area contributed by atoms with E-state index < -0.39 is 30.2 Å². The summed E-state index contributed by atoms with van der Waals surface area (Å²) < 4.78 is 5.61. The van der Waals surface area contributed by atoms with E-state index in [0.717, 1.165) is 24.3 Å². The van der Waals surface area contributed by atoms with Gasteiger partial charge in [0.25, 0.3) is 0 Å². The van der Waals surface area contributed by atoms with Crippen molar-refractivity contribution in [2.75, 3.05) is 24.8 Å². The zero-order valence-electron chi connectivity index (χ0n) is 13.7. The summed E-state index contributed by atoms with van der Waals surface area (Å²) >= 11 is 1.92. The van der Waals surface area contributed by atoms with Crippen LogP contribution in [0.25, 0.3) is 0 Å². The Labute approximate surface area is 149 Å². The molecule has 0 saturated carbocycles. The highest BCUT2D eigenvalue weighted by atomic mass is 32.2. The summed E-state index contributed by atoms with van der Waals surface area (Å²) in [7, 11) is 0. The van der Waals surface area contributed by atoms with Crippen molar-refractivity contribution in [1.82, 2.24) is 4.90 Å². The average molecular weight is 369 g/mol. The maximum Gasteiger partial charge on any atom is 0.162 e. The Hall–Kier alpha value is -1.04. The average Bonchev–Trinajstić information content (AvgIpc) is 3.19. The van der Waals surface area contributed by atoms with Crippen LogP contribution in [0.3, 0.4) is 0 Å². The first-order chi connectivity index (χ1) is 12.1. The van der Waals surface area contributed by atoms with E-state index in [9.17, 15) is 15.3 Å². The van der Waals surface area contributed by atoms with Crippen molar-refractivity contribution >= 4 is 29.6 Å². The molecule has 10 heteroatoms. The molecule has 4 aliphatic heterocycles. The molecule has 4 heterocycles. The molecule has 0 radical (unpaired) electrons. The van der Waals surface area contributed by atoms with Gasteiger partial charge in [0.15, 0.2) is 17.7 Å². The van der Waals surface area contributed by atoms with Crippen LogP contribution in [0.15, 0.2) is 15.0 Å². The van der Waals surface area contributed by atoms with Gasteiger partial charge in [-0.3, -0.25) is 4.99 Å². The monoisotopic (exact) mass is 369 g/mol. The number of ether oxygens (including phenoxy) is 1. The second-order valence-electron chi connectivity index (χ2n) is 6.76. The minimum absolute atomic E-state index is 0.194. The van der Waals surface area contributed by atoms with Gasteiger partial charge in [-0.25, -0.2) is 9.98 Å². The van der Waals surface area contributed by atoms with Crippen molar-refractivity contribution in [2.24, 2.45) is 26.6 Å². The van der Waals surface area contributed by atoms with Gasteiger partial charge in [-0.2, -0.15) is 11.8 Å². The number of aliphatic hydroxyl groups excluding tert-OH is 3. The van der Waals surface area contributed by atoms with Gasteiger partial charge in [0.2, 0.25) is 0 Å². The SMILES string of the molecule is NC1(C2CCSCC2)N=CN=C2C1=NCN2[C@@H]1O[C@H](CO)[C@@H](O)[C@H]1O. The molecule has 4 aliphatic rings. The van der Waals surface area contributed by atoms with Crippen LogP contribution in [0.4, 0.5) is 0 Å². The van der Waals surface area contributed by atoms with Crippen molar-refractivity contribution in [1.29, 1.82) is 0 Å². The number of nitrogens with zero attached hydrogens (tertiary/aromatic N) is 4. The molecule has 2 fully saturated rings. The zero-order valence-corrected chi connectivity index (χ0v) is 14.5. The van der Waals surface area contributed by atoms with Gasteiger partial charge < -0.3 is 30.7 Å². The molecule has 0 aromatic carbocycles. The second-order valence-corrected chi connectivity index (χ2v) is 7.98. The van der Waals surface area contributed by atoms with Crippen LogP contribution in [-0.2, 0) is 4.74 Å². The Balaban J connectivity index is 1.57. The van der Waals surface area contributed by atoms with Crippen LogP contribution in [0.5, 0.6) is 0 Å². The molecule has 1 unspecified atom stereocenters. The Kier molecular flexibility index (Phi) is 4.59. The highest BCUT2D eigenvalue weighted by Gasteiger charge is 2.52. The number of fused-ring (bicyclic) bond motifs is 1. The van der Waals surface area contributed by atoms with Gasteiger partial charge in [-0.15, -0.1) is 0 Å². The summed E-state index contributed by atoms with van der Waals surface area (Å²) in [6.07, 6.45) is -0.585. The lowest BCUT2D eigenvalue weighted by molar-refractivity contribution is -0.0688. The third-order valence-electron chi connectivity index (χ3n) is 5.36. The summed E-state index contributed by atoms with van der Waals surface area (Å²) in [5.41, 5.74) is 6.36. The second kappa shape index (κ2) is 6.60. The fourth-order valence-corrected chi connectivity index (χ4v) is 4.98. The largest absolute Gasteiger partial charge is 0.394 e. The van der Waals surface area contributed by atoms with E-state index in [-0.39, 0.29) is 19.2 Å². The van der Waals surface area contributed by atoms with Gasteiger partial charge in [0, 0.05) is 5.92 Å². The van der Waals surface area contributed by atoms with E-state index >= 15 is 0 Å². The lowest BCUT2D eigenvalue weighted by Gasteiger charge is -2.38. The molecule has 5 atom stereocenters. The first kappa shape index (κ1) is 17.4. The van der Waals surface area contributed by atoms with Crippen LogP contribution in [0.1, 0.15) is 12.8 Å². The molecule has 0 aromatic rings. The van der Waals surface area contributed by atoms with E-state index in [0.29, 0.717) is 11.5 Å². The molecule has 5 N–H and O–H groups in total. The molecule has 9 nitrogen and oxygen atoms in total. The number of nitrogens with two attached hydrogens (primary N) is 1. The Morgan fingerprint density at radius 3 is 2.76 bits per heavy atom. The Bertz CT molecular complexity index is 623. The predicted molar refractivity (Wildman–Crippen MR) is 94.8 cm³/mol. The summed E-state index contributed by atoms with van der Waals surface area (Å²) in [6.45, 7) is -0.144. The third kappa shape index (κ3) is 2.71. The fourth-order valence-electron chi connectivity index (χ4n) is 3.88. The summed E-state index contributed by atoms with van der Waals surface area (Å²) in [5.74, 6) is 2.83. The first-order valence-corrected chi connectivity index (χ1v) is 9.64. The minimum atomic E-state index is -1.16. The van der Waals surface area contributed by atoms with Gasteiger partial charge >= 0.3 is 0 Å². The Morgan fingerprint density at radius 1 is 1.32 bits per heavy atom. The van der Waals surface area contributed by atoms with Crippen LogP contribution >= 0.6 is 11.8 Å². The number of aliphatic hydroxyl groups is 3. The maximum absolute atomic E-state index is 10.3. The molecule has 0 bridgehead atoms. The summed E-state index contributed by atoms with van der Waals surface area (Å²) in [5, 5.41) is 29.6. The Morgan fingerprint density at radius 2 is 2.08 bits per heavy atom. The van der Waals surface area contributed by atoms with Gasteiger partial charge in [0.1, 0.15) is 37.0 Å². The molecular weight excluding hydrogens is 346 g/mol. The maximum atomic E-state index is 10.3. The minimum Gasteiger partial charge on any atom is -0.394 e. The smallest absolute Gasteiger partial charge is 0.162 e. The van der Waals surface area contributed by atoms with E-state index in [2.05, 4.69) is 15.0 Å². The molecule has 25 heavy (non-hydrogen) atoms. The van der Waals surface area contributed by atoms with E-state index in [1.165, 1.54) is 6.34 Å².